The van der Waals surface area contributed by atoms with Gasteiger partial charge in [0.15, 0.2) is 0 Å². The molecule has 5 heteroatoms. The van der Waals surface area contributed by atoms with Crippen LogP contribution in [0, 0.1) is 11.8 Å². The molecule has 166 valence electrons. The molecule has 0 heterocycles. The van der Waals surface area contributed by atoms with Gasteiger partial charge in [0.2, 0.25) is 0 Å². The number of carbonyl (C=O) groups excluding carboxylic acids is 2. The lowest BCUT2D eigenvalue weighted by Gasteiger charge is -2.19. The Morgan fingerprint density at radius 2 is 2.07 bits per heavy atom. The van der Waals surface area contributed by atoms with Crippen molar-refractivity contribution in [3.8, 4) is 0 Å². The topological polar surface area (TPSA) is 83.8 Å². The van der Waals surface area contributed by atoms with E-state index in [1.54, 1.807) is 6.92 Å². The summed E-state index contributed by atoms with van der Waals surface area (Å²) in [6.07, 6.45) is 19.4. The fourth-order valence-electron chi connectivity index (χ4n) is 4.07. The molecule has 5 nitrogen and oxygen atoms in total. The van der Waals surface area contributed by atoms with Crippen LogP contribution < -0.4 is 0 Å². The Morgan fingerprint density at radius 3 is 2.77 bits per heavy atom. The lowest BCUT2D eigenvalue weighted by Crippen LogP contribution is -2.21. The number of aliphatic hydroxyl groups excluding tert-OH is 1. The summed E-state index contributed by atoms with van der Waals surface area (Å²) in [4.78, 5) is 23.4. The maximum Gasteiger partial charge on any atom is 0.305 e. The van der Waals surface area contributed by atoms with Crippen molar-refractivity contribution in [2.24, 2.45) is 11.8 Å². The minimum atomic E-state index is -0.953. The highest BCUT2D eigenvalue weighted by atomic mass is 16.5. The zero-order chi connectivity index (χ0) is 22.0. The molecule has 0 unspecified atom stereocenters. The smallest absolute Gasteiger partial charge is 0.305 e. The van der Waals surface area contributed by atoms with Gasteiger partial charge in [0.1, 0.15) is 5.78 Å². The number of aliphatic hydroxyl groups is 2. The normalized spacial score (nSPS) is 26.7. The van der Waals surface area contributed by atoms with Gasteiger partial charge in [-0.3, -0.25) is 9.59 Å². The molecule has 30 heavy (non-hydrogen) atoms. The van der Waals surface area contributed by atoms with Gasteiger partial charge in [0.25, 0.3) is 0 Å². The Labute approximate surface area is 180 Å². The van der Waals surface area contributed by atoms with Crippen LogP contribution in [0.3, 0.4) is 0 Å². The Kier molecular flexibility index (Phi) is 9.73. The van der Waals surface area contributed by atoms with Gasteiger partial charge < -0.3 is 14.9 Å². The van der Waals surface area contributed by atoms with E-state index in [1.165, 1.54) is 19.1 Å². The number of Topliss-reactive ketones (excluding diaryl/α,β-unsaturated/α-hetero) is 1. The summed E-state index contributed by atoms with van der Waals surface area (Å²) in [5.41, 5.74) is 0.321. The van der Waals surface area contributed by atoms with Gasteiger partial charge in [-0.05, 0) is 51.9 Å². The predicted octanol–water partition coefficient (Wildman–Crippen LogP) is 4.21. The Hall–Kier alpha value is -1.98. The molecule has 2 N–H and O–H groups in total. The number of ether oxygens (including phenoxy) is 1. The maximum absolute atomic E-state index is 12.3. The predicted molar refractivity (Wildman–Crippen MR) is 118 cm³/mol. The fraction of sp³-hybridized carbons (Fsp3) is 0.600. The first-order valence-corrected chi connectivity index (χ1v) is 11.0. The van der Waals surface area contributed by atoms with Crippen LogP contribution in [0.2, 0.25) is 0 Å². The van der Waals surface area contributed by atoms with Gasteiger partial charge in [-0.2, -0.15) is 0 Å². The molecule has 0 aromatic carbocycles. The summed E-state index contributed by atoms with van der Waals surface area (Å²) in [6.45, 7) is 1.77. The van der Waals surface area contributed by atoms with E-state index in [0.717, 1.165) is 19.3 Å². The van der Waals surface area contributed by atoms with Crippen LogP contribution in [0.25, 0.3) is 0 Å². The Balaban J connectivity index is 1.83. The lowest BCUT2D eigenvalue weighted by molar-refractivity contribution is -0.140. The maximum atomic E-state index is 12.3. The minimum absolute atomic E-state index is 0.0972. The van der Waals surface area contributed by atoms with E-state index in [1.807, 2.05) is 36.5 Å². The van der Waals surface area contributed by atoms with E-state index in [4.69, 9.17) is 0 Å². The molecule has 0 spiro atoms. The third-order valence-electron chi connectivity index (χ3n) is 5.91. The minimum Gasteiger partial charge on any atom is -0.469 e. The van der Waals surface area contributed by atoms with E-state index < -0.39 is 11.7 Å². The molecule has 0 aromatic heterocycles. The summed E-state index contributed by atoms with van der Waals surface area (Å²) in [5.74, 6) is -0.548. The Morgan fingerprint density at radius 1 is 1.30 bits per heavy atom. The zero-order valence-corrected chi connectivity index (χ0v) is 18.3. The van der Waals surface area contributed by atoms with E-state index in [-0.39, 0.29) is 30.0 Å². The first-order valence-electron chi connectivity index (χ1n) is 11.0. The number of carbonyl (C=O) groups is 2. The molecule has 4 atom stereocenters. The van der Waals surface area contributed by atoms with Crippen molar-refractivity contribution < 1.29 is 24.5 Å². The molecule has 0 amide bonds. The van der Waals surface area contributed by atoms with Crippen molar-refractivity contribution >= 4 is 11.8 Å². The Bertz CT molecular complexity index is 698. The fourth-order valence-corrected chi connectivity index (χ4v) is 4.07. The van der Waals surface area contributed by atoms with E-state index >= 15 is 0 Å². The molecule has 0 saturated heterocycles. The van der Waals surface area contributed by atoms with Crippen molar-refractivity contribution in [2.75, 3.05) is 7.11 Å². The average Bonchev–Trinajstić information content (AvgIpc) is 3.31. The number of methoxy groups -OCH3 is 1. The summed E-state index contributed by atoms with van der Waals surface area (Å²) in [6, 6.07) is 0. The van der Waals surface area contributed by atoms with Crippen molar-refractivity contribution in [3.63, 3.8) is 0 Å². The van der Waals surface area contributed by atoms with Crippen LogP contribution in [-0.2, 0) is 14.3 Å². The summed E-state index contributed by atoms with van der Waals surface area (Å²) in [7, 11) is 1.37. The summed E-state index contributed by atoms with van der Waals surface area (Å²) >= 11 is 0. The van der Waals surface area contributed by atoms with E-state index in [0.29, 0.717) is 25.7 Å². The highest BCUT2D eigenvalue weighted by Gasteiger charge is 2.39. The number of hydrogen-bond donors (Lipinski definition) is 2. The van der Waals surface area contributed by atoms with E-state index in [9.17, 15) is 19.8 Å². The molecular formula is C25H36O5. The molecular weight excluding hydrogens is 380 g/mol. The van der Waals surface area contributed by atoms with Gasteiger partial charge in [-0.1, -0.05) is 48.1 Å². The molecule has 0 aromatic rings. The van der Waals surface area contributed by atoms with Gasteiger partial charge >= 0.3 is 5.97 Å². The van der Waals surface area contributed by atoms with Crippen molar-refractivity contribution in [1.29, 1.82) is 0 Å². The summed E-state index contributed by atoms with van der Waals surface area (Å²) < 4.78 is 4.60. The molecule has 0 bridgehead atoms. The van der Waals surface area contributed by atoms with Crippen molar-refractivity contribution in [3.05, 3.63) is 48.1 Å². The number of allylic oxidation sites excluding steroid dienone is 5. The first kappa shape index (κ1) is 24.3. The number of hydrogen-bond acceptors (Lipinski definition) is 5. The lowest BCUT2D eigenvalue weighted by atomic mass is 9.88. The third kappa shape index (κ3) is 8.04. The van der Waals surface area contributed by atoms with Gasteiger partial charge in [0, 0.05) is 24.7 Å². The first-order chi connectivity index (χ1) is 14.3. The monoisotopic (exact) mass is 416 g/mol. The third-order valence-corrected chi connectivity index (χ3v) is 5.91. The molecule has 0 radical (unpaired) electrons. The van der Waals surface area contributed by atoms with E-state index in [2.05, 4.69) is 10.8 Å². The van der Waals surface area contributed by atoms with Gasteiger partial charge in [-0.25, -0.2) is 0 Å². The molecule has 1 saturated carbocycles. The second kappa shape index (κ2) is 12.0. The largest absolute Gasteiger partial charge is 0.469 e. The van der Waals surface area contributed by atoms with Crippen LogP contribution in [0.4, 0.5) is 0 Å². The molecule has 2 aliphatic carbocycles. The zero-order valence-electron chi connectivity index (χ0n) is 18.3. The van der Waals surface area contributed by atoms with Gasteiger partial charge in [0.05, 0.1) is 18.8 Å². The number of rotatable bonds is 11. The van der Waals surface area contributed by atoms with Crippen LogP contribution in [-0.4, -0.2) is 40.8 Å². The van der Waals surface area contributed by atoms with Crippen LogP contribution in [0.15, 0.2) is 48.1 Å². The standard InChI is InChI=1S/C25H36O5/c1-25(29,17-15-19-10-7-8-11-19)16-9-13-21-20(22(26)18-23(21)27)12-5-3-4-6-14-24(28)30-2/h3-4,9-10,13,15,17,20-21,23,27,29H,5-8,11-12,14,16,18H2,1-2H3/b4-3-,13-9+,17-15+/t20-,21-,23-,25-/m1/s1. The summed E-state index contributed by atoms with van der Waals surface area (Å²) in [5, 5.41) is 20.9. The molecule has 0 aliphatic heterocycles. The number of esters is 1. The van der Waals surface area contributed by atoms with Crippen LogP contribution in [0.5, 0.6) is 0 Å². The van der Waals surface area contributed by atoms with Crippen molar-refractivity contribution in [1.82, 2.24) is 0 Å². The van der Waals surface area contributed by atoms with Crippen LogP contribution in [0.1, 0.15) is 64.7 Å². The van der Waals surface area contributed by atoms with Gasteiger partial charge in [-0.15, -0.1) is 0 Å². The van der Waals surface area contributed by atoms with Crippen LogP contribution >= 0.6 is 0 Å². The SMILES string of the molecule is COC(=O)CC/C=C\CC[C@H]1C(=O)C[C@@H](O)[C@@H]1/C=C/C[C@@](C)(O)/C=C/C1=CCCC1. The average molecular weight is 417 g/mol. The molecule has 2 aliphatic rings. The highest BCUT2D eigenvalue weighted by Crippen LogP contribution is 2.34. The molecule has 1 fully saturated rings. The van der Waals surface area contributed by atoms with Crippen molar-refractivity contribution in [2.45, 2.75) is 76.4 Å². The highest BCUT2D eigenvalue weighted by molar-refractivity contribution is 5.84. The quantitative estimate of drug-likeness (QED) is 0.389. The second-order valence-corrected chi connectivity index (χ2v) is 8.58. The second-order valence-electron chi connectivity index (χ2n) is 8.58. The molecule has 2 rings (SSSR count). The number of ketones is 1.